The molecule has 10 heteroatoms. The van der Waals surface area contributed by atoms with Crippen LogP contribution in [0.15, 0.2) is 41.5 Å². The second kappa shape index (κ2) is 10.4. The first-order valence-corrected chi connectivity index (χ1v) is 14.3. The number of rotatable bonds is 4. The number of hydrogen-bond acceptors (Lipinski definition) is 6. The predicted octanol–water partition coefficient (Wildman–Crippen LogP) is 4.33. The fourth-order valence-electron chi connectivity index (χ4n) is 5.93. The third-order valence-electron chi connectivity index (χ3n) is 8.17. The summed E-state index contributed by atoms with van der Waals surface area (Å²) in [4.78, 5) is 38.7. The lowest BCUT2D eigenvalue weighted by Crippen LogP contribution is -2.47. The summed E-state index contributed by atoms with van der Waals surface area (Å²) in [6, 6.07) is 10.4. The average molecular weight is 542 g/mol. The number of ether oxygens (including phenoxy) is 1. The number of amides is 2. The van der Waals surface area contributed by atoms with E-state index >= 15 is 0 Å². The van der Waals surface area contributed by atoms with Crippen LogP contribution in [0.4, 0.5) is 4.79 Å². The highest BCUT2D eigenvalue weighted by Crippen LogP contribution is 2.32. The molecule has 6 rings (SSSR count). The summed E-state index contributed by atoms with van der Waals surface area (Å²) in [5, 5.41) is 0.681. The SMILES string of the molecule is CN(C(=O)N1CC[C@@H](n2cnc3cc(-c4ccc(Cl)cc4)sc3c2=O)C1)[C@H]1CCN(C2CCOCC2)C1. The van der Waals surface area contributed by atoms with Gasteiger partial charge < -0.3 is 14.5 Å². The molecule has 0 spiro atoms. The molecular weight excluding hydrogens is 510 g/mol. The standard InChI is InChI=1S/C27H32ClN5O3S/c1-30(21-6-10-31(15-21)20-8-12-36-13-9-20)27(35)32-11-7-22(16-32)33-17-29-23-14-24(37-25(23)26(33)34)18-2-4-19(28)5-3-18/h2-5,14,17,20-22H,6-13,15-16H2,1H3/t21-,22+/m0/s1. The summed E-state index contributed by atoms with van der Waals surface area (Å²) in [5.41, 5.74) is 1.68. The zero-order chi connectivity index (χ0) is 25.5. The molecule has 3 aliphatic rings. The summed E-state index contributed by atoms with van der Waals surface area (Å²) >= 11 is 7.48. The number of hydrogen-bond donors (Lipinski definition) is 0. The van der Waals surface area contributed by atoms with Crippen molar-refractivity contribution in [1.29, 1.82) is 0 Å². The fourth-order valence-corrected chi connectivity index (χ4v) is 7.11. The van der Waals surface area contributed by atoms with E-state index in [-0.39, 0.29) is 23.7 Å². The number of carbonyl (C=O) groups is 1. The minimum atomic E-state index is -0.0647. The van der Waals surface area contributed by atoms with E-state index < -0.39 is 0 Å². The fraction of sp³-hybridized carbons (Fsp3) is 0.519. The van der Waals surface area contributed by atoms with Gasteiger partial charge in [-0.25, -0.2) is 9.78 Å². The van der Waals surface area contributed by atoms with E-state index in [1.54, 1.807) is 10.9 Å². The van der Waals surface area contributed by atoms with Crippen molar-refractivity contribution in [3.05, 3.63) is 52.0 Å². The van der Waals surface area contributed by atoms with E-state index in [4.69, 9.17) is 16.3 Å². The first kappa shape index (κ1) is 24.9. The van der Waals surface area contributed by atoms with Crippen molar-refractivity contribution in [2.75, 3.05) is 46.4 Å². The Morgan fingerprint density at radius 1 is 1.08 bits per heavy atom. The molecule has 3 fully saturated rings. The van der Waals surface area contributed by atoms with Crippen LogP contribution in [0.25, 0.3) is 20.7 Å². The number of thiophene rings is 1. The highest BCUT2D eigenvalue weighted by Gasteiger charge is 2.36. The Morgan fingerprint density at radius 3 is 2.65 bits per heavy atom. The Hall–Kier alpha value is -2.46. The molecule has 2 aromatic heterocycles. The highest BCUT2D eigenvalue weighted by atomic mass is 35.5. The van der Waals surface area contributed by atoms with Gasteiger partial charge in [-0.2, -0.15) is 0 Å². The largest absolute Gasteiger partial charge is 0.381 e. The molecule has 0 unspecified atom stereocenters. The zero-order valence-corrected chi connectivity index (χ0v) is 22.6. The Morgan fingerprint density at radius 2 is 1.86 bits per heavy atom. The molecule has 3 saturated heterocycles. The molecule has 3 aromatic rings. The van der Waals surface area contributed by atoms with Crippen LogP contribution in [0.5, 0.6) is 0 Å². The molecular formula is C27H32ClN5O3S. The number of likely N-dealkylation sites (tertiary alicyclic amines) is 2. The number of halogens is 1. The molecule has 37 heavy (non-hydrogen) atoms. The Labute approximate surface area is 225 Å². The van der Waals surface area contributed by atoms with Crippen molar-refractivity contribution >= 4 is 39.2 Å². The maximum Gasteiger partial charge on any atom is 0.320 e. The maximum absolute atomic E-state index is 13.4. The van der Waals surface area contributed by atoms with E-state index in [0.717, 1.165) is 62.4 Å². The maximum atomic E-state index is 13.4. The van der Waals surface area contributed by atoms with Gasteiger partial charge in [-0.1, -0.05) is 23.7 Å². The van der Waals surface area contributed by atoms with Crippen LogP contribution in [-0.4, -0.2) is 88.8 Å². The summed E-state index contributed by atoms with van der Waals surface area (Å²) in [5.74, 6) is 0. The van der Waals surface area contributed by atoms with Gasteiger partial charge in [0.05, 0.1) is 17.9 Å². The molecule has 2 atom stereocenters. The number of benzene rings is 1. The van der Waals surface area contributed by atoms with Crippen LogP contribution in [0.1, 0.15) is 31.7 Å². The van der Waals surface area contributed by atoms with Crippen LogP contribution in [-0.2, 0) is 4.74 Å². The van der Waals surface area contributed by atoms with E-state index in [1.807, 2.05) is 47.2 Å². The number of nitrogens with zero attached hydrogens (tertiary/aromatic N) is 5. The molecule has 0 saturated carbocycles. The van der Waals surface area contributed by atoms with Crippen molar-refractivity contribution in [3.8, 4) is 10.4 Å². The third-order valence-corrected chi connectivity index (χ3v) is 9.58. The van der Waals surface area contributed by atoms with Crippen molar-refractivity contribution in [1.82, 2.24) is 24.3 Å². The molecule has 0 bridgehead atoms. The first-order chi connectivity index (χ1) is 18.0. The topological polar surface area (TPSA) is 70.9 Å². The second-order valence-corrected chi connectivity index (χ2v) is 11.8. The number of aromatic nitrogens is 2. The van der Waals surface area contributed by atoms with E-state index in [2.05, 4.69) is 9.88 Å². The second-order valence-electron chi connectivity index (χ2n) is 10.4. The quantitative estimate of drug-likeness (QED) is 0.492. The lowest BCUT2D eigenvalue weighted by molar-refractivity contribution is 0.0402. The summed E-state index contributed by atoms with van der Waals surface area (Å²) in [6.45, 7) is 4.82. The molecule has 0 radical (unpaired) electrons. The molecule has 196 valence electrons. The predicted molar refractivity (Wildman–Crippen MR) is 147 cm³/mol. The van der Waals surface area contributed by atoms with Crippen LogP contribution in [0.2, 0.25) is 5.02 Å². The van der Waals surface area contributed by atoms with Crippen LogP contribution >= 0.6 is 22.9 Å². The zero-order valence-electron chi connectivity index (χ0n) is 21.0. The Balaban J connectivity index is 1.12. The van der Waals surface area contributed by atoms with Gasteiger partial charge in [0.15, 0.2) is 0 Å². The number of fused-ring (bicyclic) bond motifs is 1. The van der Waals surface area contributed by atoms with Gasteiger partial charge in [0.2, 0.25) is 0 Å². The summed E-state index contributed by atoms with van der Waals surface area (Å²) in [7, 11) is 1.93. The molecule has 0 aliphatic carbocycles. The number of urea groups is 1. The van der Waals surface area contributed by atoms with Crippen LogP contribution in [0, 0.1) is 0 Å². The van der Waals surface area contributed by atoms with Crippen LogP contribution < -0.4 is 5.56 Å². The minimum absolute atomic E-state index is 0.0363. The lowest BCUT2D eigenvalue weighted by atomic mass is 10.1. The van der Waals surface area contributed by atoms with E-state index in [9.17, 15) is 9.59 Å². The van der Waals surface area contributed by atoms with E-state index in [1.165, 1.54) is 11.3 Å². The lowest BCUT2D eigenvalue weighted by Gasteiger charge is -2.33. The van der Waals surface area contributed by atoms with Gasteiger partial charge in [0.25, 0.3) is 5.56 Å². The van der Waals surface area contributed by atoms with Gasteiger partial charge in [0, 0.05) is 68.4 Å². The molecule has 1 aromatic carbocycles. The molecule has 2 amide bonds. The van der Waals surface area contributed by atoms with Crippen molar-refractivity contribution in [3.63, 3.8) is 0 Å². The molecule has 5 heterocycles. The first-order valence-electron chi connectivity index (χ1n) is 13.1. The van der Waals surface area contributed by atoms with Gasteiger partial charge in [-0.15, -0.1) is 11.3 Å². The summed E-state index contributed by atoms with van der Waals surface area (Å²) < 4.78 is 7.88. The van der Waals surface area contributed by atoms with Crippen molar-refractivity contribution in [2.24, 2.45) is 0 Å². The Kier molecular flexibility index (Phi) is 6.96. The average Bonchev–Trinajstić information content (AvgIpc) is 3.69. The van der Waals surface area contributed by atoms with Crippen molar-refractivity contribution < 1.29 is 9.53 Å². The number of likely N-dealkylation sites (N-methyl/N-ethyl adjacent to an activating group) is 1. The van der Waals surface area contributed by atoms with Gasteiger partial charge in [0.1, 0.15) is 4.70 Å². The van der Waals surface area contributed by atoms with Gasteiger partial charge in [-0.3, -0.25) is 14.3 Å². The normalized spacial score (nSPS) is 23.2. The smallest absolute Gasteiger partial charge is 0.320 e. The highest BCUT2D eigenvalue weighted by molar-refractivity contribution is 7.22. The van der Waals surface area contributed by atoms with E-state index in [0.29, 0.717) is 34.4 Å². The minimum Gasteiger partial charge on any atom is -0.381 e. The monoisotopic (exact) mass is 541 g/mol. The molecule has 0 N–H and O–H groups in total. The van der Waals surface area contributed by atoms with Crippen LogP contribution in [0.3, 0.4) is 0 Å². The van der Waals surface area contributed by atoms with Crippen molar-refractivity contribution in [2.45, 2.75) is 43.8 Å². The molecule has 3 aliphatic heterocycles. The third kappa shape index (κ3) is 4.90. The van der Waals surface area contributed by atoms with Gasteiger partial charge >= 0.3 is 6.03 Å². The summed E-state index contributed by atoms with van der Waals surface area (Å²) in [6.07, 6.45) is 5.56. The number of carbonyl (C=O) groups excluding carboxylic acids is 1. The van der Waals surface area contributed by atoms with Gasteiger partial charge in [-0.05, 0) is 49.4 Å². The molecule has 8 nitrogen and oxygen atoms in total. The Bertz CT molecular complexity index is 1340.